The number of aliphatic imine (C=N–C) groups is 1. The highest BCUT2D eigenvalue weighted by molar-refractivity contribution is 8.13. The van der Waals surface area contributed by atoms with E-state index in [9.17, 15) is 9.59 Å². The van der Waals surface area contributed by atoms with Crippen molar-refractivity contribution in [2.75, 3.05) is 12.8 Å². The average Bonchev–Trinajstić information content (AvgIpc) is 2.28. The van der Waals surface area contributed by atoms with Crippen LogP contribution in [-0.4, -0.2) is 46.3 Å². The maximum Gasteiger partial charge on any atom is 0.436 e. The van der Waals surface area contributed by atoms with Gasteiger partial charge in [0.2, 0.25) is 0 Å². The maximum absolute atomic E-state index is 12.2. The van der Waals surface area contributed by atoms with Gasteiger partial charge in [0, 0.05) is 6.54 Å². The lowest BCUT2D eigenvalue weighted by molar-refractivity contribution is 0.0387. The van der Waals surface area contributed by atoms with E-state index in [2.05, 4.69) is 11.6 Å². The molecule has 0 aromatic rings. The minimum Gasteiger partial charge on any atom is -0.443 e. The second-order valence-corrected chi connectivity index (χ2v) is 7.23. The van der Waals surface area contributed by atoms with Crippen LogP contribution >= 0.6 is 11.8 Å². The molecule has 0 fully saturated rings. The summed E-state index contributed by atoms with van der Waals surface area (Å²) in [6, 6.07) is 0. The van der Waals surface area contributed by atoms with Crippen LogP contribution in [0.2, 0.25) is 0 Å². The highest BCUT2D eigenvalue weighted by Gasteiger charge is 2.26. The predicted octanol–water partition coefficient (Wildman–Crippen LogP) is 4.06. The number of hydrogen-bond donors (Lipinski definition) is 0. The Kier molecular flexibility index (Phi) is 7.66. The zero-order valence-corrected chi connectivity index (χ0v) is 15.2. The topological polar surface area (TPSA) is 68.2 Å². The highest BCUT2D eigenvalue weighted by atomic mass is 32.2. The molecule has 0 bridgehead atoms. The number of thioether (sulfide) groups is 1. The number of carbonyl (C=O) groups excluding carboxylic acids is 2. The fourth-order valence-electron chi connectivity index (χ4n) is 1.26. The van der Waals surface area contributed by atoms with Crippen molar-refractivity contribution in [2.45, 2.75) is 52.7 Å². The Balaban J connectivity index is 5.28. The molecular weight excluding hydrogens is 304 g/mol. The third kappa shape index (κ3) is 8.71. The van der Waals surface area contributed by atoms with Crippen LogP contribution in [0.15, 0.2) is 17.6 Å². The zero-order valence-electron chi connectivity index (χ0n) is 14.4. The van der Waals surface area contributed by atoms with Crippen molar-refractivity contribution in [3.63, 3.8) is 0 Å². The number of amides is 2. The molecule has 0 aromatic heterocycles. The number of ether oxygens (including phenoxy) is 2. The quantitative estimate of drug-likeness (QED) is 0.434. The number of hydrogen-bond acceptors (Lipinski definition) is 5. The Morgan fingerprint density at radius 2 is 1.64 bits per heavy atom. The summed E-state index contributed by atoms with van der Waals surface area (Å²) >= 11 is 1.15. The van der Waals surface area contributed by atoms with Crippen molar-refractivity contribution in [3.8, 4) is 0 Å². The van der Waals surface area contributed by atoms with Gasteiger partial charge in [0.1, 0.15) is 11.2 Å². The molecule has 0 heterocycles. The molecule has 0 saturated heterocycles. The first-order valence-corrected chi connectivity index (χ1v) is 8.09. The zero-order chi connectivity index (χ0) is 17.6. The van der Waals surface area contributed by atoms with Gasteiger partial charge in [-0.05, 0) is 47.8 Å². The van der Waals surface area contributed by atoms with Crippen molar-refractivity contribution < 1.29 is 19.1 Å². The summed E-state index contributed by atoms with van der Waals surface area (Å²) in [6.07, 6.45) is 1.90. The summed E-state index contributed by atoms with van der Waals surface area (Å²) in [7, 11) is 0. The summed E-state index contributed by atoms with van der Waals surface area (Å²) in [5, 5.41) is 0.198. The van der Waals surface area contributed by atoms with E-state index in [0.717, 1.165) is 11.8 Å². The first-order valence-electron chi connectivity index (χ1n) is 6.86. The third-order valence-electron chi connectivity index (χ3n) is 1.92. The average molecular weight is 330 g/mol. The normalized spacial score (nSPS) is 12.6. The first-order chi connectivity index (χ1) is 9.89. The molecule has 0 radical (unpaired) electrons. The molecule has 0 aliphatic heterocycles. The van der Waals surface area contributed by atoms with Crippen molar-refractivity contribution in [2.24, 2.45) is 4.99 Å². The van der Waals surface area contributed by atoms with E-state index >= 15 is 0 Å². The summed E-state index contributed by atoms with van der Waals surface area (Å²) in [6.45, 7) is 14.3. The van der Waals surface area contributed by atoms with Gasteiger partial charge < -0.3 is 9.47 Å². The molecule has 6 nitrogen and oxygen atoms in total. The molecule has 0 N–H and O–H groups in total. The predicted molar refractivity (Wildman–Crippen MR) is 90.3 cm³/mol. The number of amidine groups is 1. The van der Waals surface area contributed by atoms with E-state index in [0.29, 0.717) is 0 Å². The standard InChI is InChI=1S/C15H26N2O4S/c1-9-10-17(13(19)21-15(5,6)7)11(22-8)16-12(18)20-14(2,3)4/h9H,1,10H2,2-8H3/b16-11+. The van der Waals surface area contributed by atoms with Crippen molar-refractivity contribution >= 4 is 29.1 Å². The van der Waals surface area contributed by atoms with Crippen LogP contribution in [0.5, 0.6) is 0 Å². The lowest BCUT2D eigenvalue weighted by Gasteiger charge is -2.26. The summed E-state index contributed by atoms with van der Waals surface area (Å²) in [5.74, 6) is 0. The van der Waals surface area contributed by atoms with E-state index in [4.69, 9.17) is 9.47 Å². The number of rotatable bonds is 2. The van der Waals surface area contributed by atoms with Gasteiger partial charge in [-0.15, -0.1) is 6.58 Å². The summed E-state index contributed by atoms with van der Waals surface area (Å²) in [4.78, 5) is 29.1. The highest BCUT2D eigenvalue weighted by Crippen LogP contribution is 2.15. The molecule has 0 unspecified atom stereocenters. The molecule has 0 spiro atoms. The minimum atomic E-state index is -0.755. The van der Waals surface area contributed by atoms with Crippen LogP contribution in [0.4, 0.5) is 9.59 Å². The van der Waals surface area contributed by atoms with Crippen LogP contribution in [0, 0.1) is 0 Å². The van der Waals surface area contributed by atoms with Crippen LogP contribution in [0.3, 0.4) is 0 Å². The number of nitrogens with zero attached hydrogens (tertiary/aromatic N) is 2. The van der Waals surface area contributed by atoms with Gasteiger partial charge in [0.15, 0.2) is 5.17 Å². The van der Waals surface area contributed by atoms with Gasteiger partial charge >= 0.3 is 12.2 Å². The Morgan fingerprint density at radius 1 is 1.14 bits per heavy atom. The molecule has 7 heteroatoms. The molecule has 2 amide bonds. The van der Waals surface area contributed by atoms with E-state index in [-0.39, 0.29) is 11.7 Å². The Bertz CT molecular complexity index is 447. The van der Waals surface area contributed by atoms with Gasteiger partial charge in [-0.1, -0.05) is 17.8 Å². The summed E-state index contributed by atoms with van der Waals surface area (Å²) < 4.78 is 10.4. The molecule has 0 rings (SSSR count). The third-order valence-corrected chi connectivity index (χ3v) is 2.60. The Morgan fingerprint density at radius 3 is 2.00 bits per heavy atom. The van der Waals surface area contributed by atoms with E-state index in [1.54, 1.807) is 47.8 Å². The lowest BCUT2D eigenvalue weighted by atomic mass is 10.2. The van der Waals surface area contributed by atoms with Gasteiger partial charge in [-0.2, -0.15) is 4.99 Å². The Hall–Kier alpha value is -1.50. The SMILES string of the molecule is C=CCN(C(=O)OC(C)(C)C)/C(=N\C(=O)OC(C)(C)C)SC. The lowest BCUT2D eigenvalue weighted by Crippen LogP contribution is -2.40. The first kappa shape index (κ1) is 20.5. The molecular formula is C15H26N2O4S. The second kappa shape index (κ2) is 8.22. The second-order valence-electron chi connectivity index (χ2n) is 6.46. The largest absolute Gasteiger partial charge is 0.443 e. The van der Waals surface area contributed by atoms with Gasteiger partial charge in [0.05, 0.1) is 0 Å². The maximum atomic E-state index is 12.2. The van der Waals surface area contributed by atoms with Crippen LogP contribution < -0.4 is 0 Å². The smallest absolute Gasteiger partial charge is 0.436 e. The molecule has 0 aliphatic carbocycles. The fraction of sp³-hybridized carbons (Fsp3) is 0.667. The van der Waals surface area contributed by atoms with Crippen LogP contribution in [0.25, 0.3) is 0 Å². The minimum absolute atomic E-state index is 0.178. The van der Waals surface area contributed by atoms with Gasteiger partial charge in [-0.25, -0.2) is 9.59 Å². The van der Waals surface area contributed by atoms with E-state index < -0.39 is 23.4 Å². The van der Waals surface area contributed by atoms with Crippen LogP contribution in [0.1, 0.15) is 41.5 Å². The molecule has 0 saturated carbocycles. The van der Waals surface area contributed by atoms with E-state index in [1.165, 1.54) is 11.0 Å². The van der Waals surface area contributed by atoms with Gasteiger partial charge in [0.25, 0.3) is 0 Å². The Labute approximate surface area is 136 Å². The van der Waals surface area contributed by atoms with Crippen molar-refractivity contribution in [1.29, 1.82) is 0 Å². The van der Waals surface area contributed by atoms with E-state index in [1.807, 2.05) is 0 Å². The molecule has 22 heavy (non-hydrogen) atoms. The fourth-order valence-corrected chi connectivity index (χ4v) is 1.79. The van der Waals surface area contributed by atoms with Crippen molar-refractivity contribution in [3.05, 3.63) is 12.7 Å². The monoisotopic (exact) mass is 330 g/mol. The molecule has 0 aliphatic rings. The van der Waals surface area contributed by atoms with Crippen molar-refractivity contribution in [1.82, 2.24) is 4.90 Å². The molecule has 0 aromatic carbocycles. The van der Waals surface area contributed by atoms with Crippen LogP contribution in [-0.2, 0) is 9.47 Å². The molecule has 0 atom stereocenters. The summed E-state index contributed by atoms with van der Waals surface area (Å²) in [5.41, 5.74) is -1.30. The van der Waals surface area contributed by atoms with Gasteiger partial charge in [-0.3, -0.25) is 4.90 Å². The number of carbonyl (C=O) groups is 2. The molecule has 126 valence electrons.